The quantitative estimate of drug-likeness (QED) is 0.824. The normalized spacial score (nSPS) is 12.2. The van der Waals surface area contributed by atoms with Crippen LogP contribution in [0.4, 0.5) is 4.39 Å². The summed E-state index contributed by atoms with van der Waals surface area (Å²) in [5.74, 6) is -1.24. The van der Waals surface area contributed by atoms with Gasteiger partial charge in [-0.05, 0) is 18.2 Å². The van der Waals surface area contributed by atoms with Crippen molar-refractivity contribution in [3.8, 4) is 5.75 Å². The first-order valence-corrected chi connectivity index (χ1v) is 5.34. The van der Waals surface area contributed by atoms with Crippen molar-refractivity contribution in [3.63, 3.8) is 0 Å². The maximum Gasteiger partial charge on any atom is 0.305 e. The molecule has 17 heavy (non-hydrogen) atoms. The lowest BCUT2D eigenvalue weighted by molar-refractivity contribution is -0.139. The van der Waals surface area contributed by atoms with Crippen LogP contribution >= 0.6 is 11.6 Å². The second-order valence-corrected chi connectivity index (χ2v) is 3.87. The van der Waals surface area contributed by atoms with Gasteiger partial charge in [0, 0.05) is 6.42 Å². The minimum absolute atomic E-state index is 0.111. The highest BCUT2D eigenvalue weighted by Gasteiger charge is 2.10. The minimum Gasteiger partial charge on any atom is -0.492 e. The highest BCUT2D eigenvalue weighted by Crippen LogP contribution is 2.24. The van der Waals surface area contributed by atoms with Crippen molar-refractivity contribution in [2.24, 2.45) is 0 Å². The van der Waals surface area contributed by atoms with E-state index >= 15 is 0 Å². The van der Waals surface area contributed by atoms with Crippen LogP contribution in [0.3, 0.4) is 0 Å². The van der Waals surface area contributed by atoms with Gasteiger partial charge in [-0.15, -0.1) is 0 Å². The molecule has 6 heteroatoms. The minimum atomic E-state index is -1.07. The fourth-order valence-electron chi connectivity index (χ4n) is 1.20. The molecule has 2 N–H and O–H groups in total. The second kappa shape index (κ2) is 6.42. The van der Waals surface area contributed by atoms with Gasteiger partial charge in [0.15, 0.2) is 0 Å². The number of aliphatic hydroxyl groups is 1. The SMILES string of the molecule is O=C(O)CC(O)CCOc1ccc(F)cc1Cl. The van der Waals surface area contributed by atoms with E-state index in [9.17, 15) is 14.3 Å². The largest absolute Gasteiger partial charge is 0.492 e. The van der Waals surface area contributed by atoms with Gasteiger partial charge in [-0.3, -0.25) is 4.79 Å². The first-order valence-electron chi connectivity index (χ1n) is 4.96. The van der Waals surface area contributed by atoms with Crippen molar-refractivity contribution in [2.45, 2.75) is 18.9 Å². The molecule has 0 saturated heterocycles. The molecule has 0 aliphatic carbocycles. The number of carboxylic acid groups (broad SMARTS) is 1. The van der Waals surface area contributed by atoms with Crippen LogP contribution in [-0.2, 0) is 4.79 Å². The van der Waals surface area contributed by atoms with Crippen molar-refractivity contribution in [1.82, 2.24) is 0 Å². The monoisotopic (exact) mass is 262 g/mol. The molecule has 1 atom stereocenters. The third-order valence-corrected chi connectivity index (χ3v) is 2.31. The van der Waals surface area contributed by atoms with Gasteiger partial charge in [-0.25, -0.2) is 4.39 Å². The summed E-state index contributed by atoms with van der Waals surface area (Å²) in [5, 5.41) is 17.8. The molecule has 4 nitrogen and oxygen atoms in total. The average Bonchev–Trinajstić information content (AvgIpc) is 2.20. The Balaban J connectivity index is 2.38. The molecular weight excluding hydrogens is 251 g/mol. The van der Waals surface area contributed by atoms with Crippen LogP contribution in [0.1, 0.15) is 12.8 Å². The van der Waals surface area contributed by atoms with E-state index in [4.69, 9.17) is 21.4 Å². The van der Waals surface area contributed by atoms with E-state index in [2.05, 4.69) is 0 Å². The number of hydrogen-bond donors (Lipinski definition) is 2. The Morgan fingerprint density at radius 3 is 2.82 bits per heavy atom. The van der Waals surface area contributed by atoms with Gasteiger partial charge in [0.2, 0.25) is 0 Å². The van der Waals surface area contributed by atoms with Crippen molar-refractivity contribution in [1.29, 1.82) is 0 Å². The van der Waals surface area contributed by atoms with Crippen molar-refractivity contribution < 1.29 is 24.1 Å². The molecule has 0 aromatic heterocycles. The molecule has 1 unspecified atom stereocenters. The van der Waals surface area contributed by atoms with Crippen LogP contribution in [0.2, 0.25) is 5.02 Å². The molecule has 0 amide bonds. The number of aliphatic carboxylic acids is 1. The molecule has 0 spiro atoms. The van der Waals surface area contributed by atoms with Crippen LogP contribution in [-0.4, -0.2) is 28.9 Å². The Morgan fingerprint density at radius 2 is 2.24 bits per heavy atom. The molecular formula is C11H12ClFO4. The number of carbonyl (C=O) groups is 1. The molecule has 0 aliphatic rings. The standard InChI is InChI=1S/C11H12ClFO4/c12-9-5-7(13)1-2-10(9)17-4-3-8(14)6-11(15)16/h1-2,5,8,14H,3-4,6H2,(H,15,16). The summed E-state index contributed by atoms with van der Waals surface area (Å²) >= 11 is 5.71. The van der Waals surface area contributed by atoms with Crippen molar-refractivity contribution in [3.05, 3.63) is 29.0 Å². The highest BCUT2D eigenvalue weighted by molar-refractivity contribution is 6.32. The van der Waals surface area contributed by atoms with E-state index in [1.807, 2.05) is 0 Å². The second-order valence-electron chi connectivity index (χ2n) is 3.46. The van der Waals surface area contributed by atoms with Crippen LogP contribution in [0.5, 0.6) is 5.75 Å². The lowest BCUT2D eigenvalue weighted by Crippen LogP contribution is -2.16. The molecule has 94 valence electrons. The average molecular weight is 263 g/mol. The molecule has 0 bridgehead atoms. The zero-order chi connectivity index (χ0) is 12.8. The third kappa shape index (κ3) is 5.01. The molecule has 1 aromatic carbocycles. The zero-order valence-corrected chi connectivity index (χ0v) is 9.65. The summed E-state index contributed by atoms with van der Waals surface area (Å²) in [6.07, 6.45) is -1.13. The van der Waals surface area contributed by atoms with Gasteiger partial charge in [-0.1, -0.05) is 11.6 Å². The molecule has 0 heterocycles. The topological polar surface area (TPSA) is 66.8 Å². The van der Waals surface area contributed by atoms with Crippen molar-refractivity contribution in [2.75, 3.05) is 6.61 Å². The number of rotatable bonds is 6. The smallest absolute Gasteiger partial charge is 0.305 e. The number of aliphatic hydroxyl groups excluding tert-OH is 1. The predicted molar refractivity (Wildman–Crippen MR) is 59.8 cm³/mol. The third-order valence-electron chi connectivity index (χ3n) is 2.01. The molecule has 1 aromatic rings. The number of benzene rings is 1. The Morgan fingerprint density at radius 1 is 1.53 bits per heavy atom. The first kappa shape index (κ1) is 13.7. The Hall–Kier alpha value is -1.33. The lowest BCUT2D eigenvalue weighted by atomic mass is 10.2. The van der Waals surface area contributed by atoms with Crippen LogP contribution in [0, 0.1) is 5.82 Å². The summed E-state index contributed by atoms with van der Waals surface area (Å²) in [6.45, 7) is 0.111. The molecule has 0 radical (unpaired) electrons. The van der Waals surface area contributed by atoms with E-state index in [-0.39, 0.29) is 24.5 Å². The van der Waals surface area contributed by atoms with Crippen LogP contribution in [0.25, 0.3) is 0 Å². The van der Waals surface area contributed by atoms with Gasteiger partial charge in [0.1, 0.15) is 11.6 Å². The van der Waals surface area contributed by atoms with Gasteiger partial charge >= 0.3 is 5.97 Å². The van der Waals surface area contributed by atoms with Gasteiger partial charge in [-0.2, -0.15) is 0 Å². The molecule has 0 aliphatic heterocycles. The lowest BCUT2D eigenvalue weighted by Gasteiger charge is -2.10. The van der Waals surface area contributed by atoms with Gasteiger partial charge in [0.25, 0.3) is 0 Å². The van der Waals surface area contributed by atoms with E-state index in [1.165, 1.54) is 12.1 Å². The van der Waals surface area contributed by atoms with Crippen LogP contribution in [0.15, 0.2) is 18.2 Å². The molecule has 1 rings (SSSR count). The Kier molecular flexibility index (Phi) is 5.18. The summed E-state index contributed by atoms with van der Waals surface area (Å²) in [4.78, 5) is 10.3. The fraction of sp³-hybridized carbons (Fsp3) is 0.364. The Labute approximate surface area is 103 Å². The van der Waals surface area contributed by atoms with E-state index in [0.717, 1.165) is 6.07 Å². The summed E-state index contributed by atoms with van der Waals surface area (Å²) in [6, 6.07) is 3.70. The summed E-state index contributed by atoms with van der Waals surface area (Å²) in [5.41, 5.74) is 0. The molecule has 0 fully saturated rings. The maximum atomic E-state index is 12.7. The van der Waals surface area contributed by atoms with E-state index in [0.29, 0.717) is 5.75 Å². The number of ether oxygens (including phenoxy) is 1. The number of hydrogen-bond acceptors (Lipinski definition) is 3. The maximum absolute atomic E-state index is 12.7. The highest BCUT2D eigenvalue weighted by atomic mass is 35.5. The number of carboxylic acids is 1. The van der Waals surface area contributed by atoms with Crippen molar-refractivity contribution >= 4 is 17.6 Å². The zero-order valence-electron chi connectivity index (χ0n) is 8.90. The first-order chi connectivity index (χ1) is 7.99. The van der Waals surface area contributed by atoms with E-state index < -0.39 is 17.9 Å². The fourth-order valence-corrected chi connectivity index (χ4v) is 1.42. The van der Waals surface area contributed by atoms with Crippen LogP contribution < -0.4 is 4.74 Å². The molecule has 0 saturated carbocycles. The van der Waals surface area contributed by atoms with Gasteiger partial charge in [0.05, 0.1) is 24.2 Å². The van der Waals surface area contributed by atoms with E-state index in [1.54, 1.807) is 0 Å². The summed E-state index contributed by atoms with van der Waals surface area (Å²) < 4.78 is 17.9. The summed E-state index contributed by atoms with van der Waals surface area (Å²) in [7, 11) is 0. The van der Waals surface area contributed by atoms with Gasteiger partial charge < -0.3 is 14.9 Å². The number of halogens is 2. The Bertz CT molecular complexity index is 397. The predicted octanol–water partition coefficient (Wildman–Crippen LogP) is 2.08.